The number of allylic oxidation sites excluding steroid dienone is 10. The molecule has 0 atom stereocenters. The van der Waals surface area contributed by atoms with Gasteiger partial charge < -0.3 is 0 Å². The van der Waals surface area contributed by atoms with Crippen LogP contribution in [0.5, 0.6) is 0 Å². The molecule has 0 N–H and O–H groups in total. The van der Waals surface area contributed by atoms with Crippen LogP contribution in [0.3, 0.4) is 0 Å². The minimum atomic E-state index is 0.323. The highest BCUT2D eigenvalue weighted by Crippen LogP contribution is 2.40. The van der Waals surface area contributed by atoms with Crippen LogP contribution in [0.25, 0.3) is 0 Å². The lowest BCUT2D eigenvalue weighted by atomic mass is 9.72. The lowest BCUT2D eigenvalue weighted by Gasteiger charge is -2.32. The summed E-state index contributed by atoms with van der Waals surface area (Å²) in [5, 5.41) is 0. The summed E-state index contributed by atoms with van der Waals surface area (Å²) in [4.78, 5) is 0. The summed E-state index contributed by atoms with van der Waals surface area (Å²) in [5.74, 6) is 0. The van der Waals surface area contributed by atoms with Crippen LogP contribution in [-0.2, 0) is 0 Å². The molecule has 0 aromatic rings. The van der Waals surface area contributed by atoms with Crippen LogP contribution >= 0.6 is 0 Å². The second-order valence-electron chi connectivity index (χ2n) is 10.1. The van der Waals surface area contributed by atoms with Gasteiger partial charge in [0.25, 0.3) is 0 Å². The van der Waals surface area contributed by atoms with Crippen LogP contribution in [0.2, 0.25) is 0 Å². The van der Waals surface area contributed by atoms with Gasteiger partial charge in [-0.1, -0.05) is 125 Å². The Morgan fingerprint density at radius 1 is 0.867 bits per heavy atom. The summed E-state index contributed by atoms with van der Waals surface area (Å²) in [6, 6.07) is 0. The van der Waals surface area contributed by atoms with Crippen molar-refractivity contribution in [2.45, 2.75) is 125 Å². The molecule has 170 valence electrons. The monoisotopic (exact) mass is 410 g/mol. The van der Waals surface area contributed by atoms with Gasteiger partial charge in [-0.05, 0) is 63.9 Å². The highest BCUT2D eigenvalue weighted by molar-refractivity contribution is 5.37. The molecule has 0 bridgehead atoms. The maximum atomic E-state index is 2.40. The molecule has 0 saturated heterocycles. The molecule has 0 radical (unpaired) electrons. The van der Waals surface area contributed by atoms with E-state index in [4.69, 9.17) is 0 Å². The summed E-state index contributed by atoms with van der Waals surface area (Å²) in [5.41, 5.74) is 6.14. The number of unbranched alkanes of at least 4 members (excludes halogenated alkanes) is 9. The van der Waals surface area contributed by atoms with Crippen molar-refractivity contribution in [2.75, 3.05) is 0 Å². The van der Waals surface area contributed by atoms with Gasteiger partial charge in [-0.2, -0.15) is 0 Å². The van der Waals surface area contributed by atoms with Crippen molar-refractivity contribution < 1.29 is 0 Å². The second-order valence-corrected chi connectivity index (χ2v) is 10.1. The van der Waals surface area contributed by atoms with E-state index in [2.05, 4.69) is 78.0 Å². The van der Waals surface area contributed by atoms with Crippen LogP contribution in [0.15, 0.2) is 58.7 Å². The molecule has 0 aliphatic heterocycles. The standard InChI is InChI=1S/C30H50/c1-7-8-9-10-11-12-13-14-15-16-19-26(2)20-17-21-27(3)23-24-29-28(4)22-18-25-30(29,5)6/h17,19-21,23-24H,7-16,18,22,25H2,1-6H3. The Bertz CT molecular complexity index is 618. The van der Waals surface area contributed by atoms with Crippen molar-refractivity contribution in [3.05, 3.63) is 58.7 Å². The third-order valence-corrected chi connectivity index (χ3v) is 6.55. The lowest BCUT2D eigenvalue weighted by Crippen LogP contribution is -2.19. The largest absolute Gasteiger partial charge is 0.0816 e. The highest BCUT2D eigenvalue weighted by atomic mass is 14.3. The average molecular weight is 411 g/mol. The Morgan fingerprint density at radius 3 is 2.13 bits per heavy atom. The molecule has 0 saturated carbocycles. The fourth-order valence-electron chi connectivity index (χ4n) is 4.49. The lowest BCUT2D eigenvalue weighted by molar-refractivity contribution is 0.377. The topological polar surface area (TPSA) is 0 Å². The SMILES string of the molecule is CCCCCCCCCCCC=C(C)C=CC=C(C)C=CC1=C(C)CCCC1(C)C. The van der Waals surface area contributed by atoms with E-state index in [9.17, 15) is 0 Å². The fourth-order valence-corrected chi connectivity index (χ4v) is 4.49. The second kappa shape index (κ2) is 15.5. The maximum absolute atomic E-state index is 2.40. The van der Waals surface area contributed by atoms with E-state index in [1.165, 1.54) is 94.6 Å². The zero-order valence-electron chi connectivity index (χ0n) is 21.2. The van der Waals surface area contributed by atoms with Gasteiger partial charge in [0.1, 0.15) is 0 Å². The Labute approximate surface area is 189 Å². The molecule has 1 rings (SSSR count). The molecule has 0 spiro atoms. The van der Waals surface area contributed by atoms with Crippen molar-refractivity contribution in [3.8, 4) is 0 Å². The van der Waals surface area contributed by atoms with Crippen LogP contribution in [0, 0.1) is 5.41 Å². The summed E-state index contributed by atoms with van der Waals surface area (Å²) in [6.45, 7) is 13.8. The fraction of sp³-hybridized carbons (Fsp3) is 0.667. The summed E-state index contributed by atoms with van der Waals surface area (Å²) in [6.07, 6.45) is 31.5. The van der Waals surface area contributed by atoms with E-state index in [0.29, 0.717) is 5.41 Å². The van der Waals surface area contributed by atoms with Gasteiger partial charge in [0.15, 0.2) is 0 Å². The summed E-state index contributed by atoms with van der Waals surface area (Å²) >= 11 is 0. The van der Waals surface area contributed by atoms with Crippen molar-refractivity contribution in [1.82, 2.24) is 0 Å². The van der Waals surface area contributed by atoms with Gasteiger partial charge >= 0.3 is 0 Å². The molecule has 1 aliphatic carbocycles. The summed E-state index contributed by atoms with van der Waals surface area (Å²) in [7, 11) is 0. The van der Waals surface area contributed by atoms with Gasteiger partial charge in [0.2, 0.25) is 0 Å². The van der Waals surface area contributed by atoms with Crippen molar-refractivity contribution >= 4 is 0 Å². The normalized spacial score (nSPS) is 18.2. The summed E-state index contributed by atoms with van der Waals surface area (Å²) < 4.78 is 0. The zero-order chi connectivity index (χ0) is 22.2. The highest BCUT2D eigenvalue weighted by Gasteiger charge is 2.26. The quantitative estimate of drug-likeness (QED) is 0.197. The van der Waals surface area contributed by atoms with Crippen LogP contribution in [0.1, 0.15) is 125 Å². The predicted octanol–water partition coefficient (Wildman–Crippen LogP) is 10.4. The van der Waals surface area contributed by atoms with E-state index < -0.39 is 0 Å². The third-order valence-electron chi connectivity index (χ3n) is 6.55. The molecule has 0 unspecified atom stereocenters. The Balaban J connectivity index is 2.30. The van der Waals surface area contributed by atoms with Crippen molar-refractivity contribution in [1.29, 1.82) is 0 Å². The number of hydrogen-bond acceptors (Lipinski definition) is 0. The Morgan fingerprint density at radius 2 is 1.50 bits per heavy atom. The van der Waals surface area contributed by atoms with Crippen LogP contribution in [0.4, 0.5) is 0 Å². The molecule has 0 fully saturated rings. The predicted molar refractivity (Wildman–Crippen MR) is 138 cm³/mol. The molecule has 0 heterocycles. The Hall–Kier alpha value is -1.30. The van der Waals surface area contributed by atoms with E-state index in [1.54, 1.807) is 11.1 Å². The van der Waals surface area contributed by atoms with E-state index in [-0.39, 0.29) is 0 Å². The van der Waals surface area contributed by atoms with Crippen LogP contribution < -0.4 is 0 Å². The van der Waals surface area contributed by atoms with Gasteiger partial charge in [0.05, 0.1) is 0 Å². The molecule has 30 heavy (non-hydrogen) atoms. The molecular formula is C30H50. The first-order valence-electron chi connectivity index (χ1n) is 12.8. The maximum Gasteiger partial charge on any atom is -0.0104 e. The number of hydrogen-bond donors (Lipinski definition) is 0. The first-order valence-corrected chi connectivity index (χ1v) is 12.8. The smallest absolute Gasteiger partial charge is 0.0104 e. The minimum absolute atomic E-state index is 0.323. The number of rotatable bonds is 14. The van der Waals surface area contributed by atoms with Crippen molar-refractivity contribution in [3.63, 3.8) is 0 Å². The molecule has 0 heteroatoms. The Kier molecular flexibility index (Phi) is 13.8. The van der Waals surface area contributed by atoms with Gasteiger partial charge in [-0.3, -0.25) is 0 Å². The minimum Gasteiger partial charge on any atom is -0.0816 e. The first-order chi connectivity index (χ1) is 14.4. The van der Waals surface area contributed by atoms with E-state index in [1.807, 2.05) is 0 Å². The molecule has 1 aliphatic rings. The third kappa shape index (κ3) is 11.8. The molecule has 0 nitrogen and oxygen atoms in total. The molecule has 0 amide bonds. The van der Waals surface area contributed by atoms with Crippen LogP contribution in [-0.4, -0.2) is 0 Å². The first kappa shape index (κ1) is 26.7. The molecular weight excluding hydrogens is 360 g/mol. The zero-order valence-corrected chi connectivity index (χ0v) is 21.2. The van der Waals surface area contributed by atoms with Crippen molar-refractivity contribution in [2.24, 2.45) is 5.41 Å². The molecule has 0 aromatic heterocycles. The van der Waals surface area contributed by atoms with E-state index >= 15 is 0 Å². The van der Waals surface area contributed by atoms with Gasteiger partial charge in [0, 0.05) is 0 Å². The van der Waals surface area contributed by atoms with Gasteiger partial charge in [-0.25, -0.2) is 0 Å². The van der Waals surface area contributed by atoms with Gasteiger partial charge in [-0.15, -0.1) is 0 Å². The average Bonchev–Trinajstić information content (AvgIpc) is 2.68. The molecule has 0 aromatic carbocycles. The van der Waals surface area contributed by atoms with E-state index in [0.717, 1.165) is 0 Å².